The maximum atomic E-state index is 11.4. The number of Topliss-reactive ketones (excluding diaryl/α,β-unsaturated/α-hetero) is 1. The van der Waals surface area contributed by atoms with Gasteiger partial charge in [-0.2, -0.15) is 0 Å². The van der Waals surface area contributed by atoms with Gasteiger partial charge in [-0.1, -0.05) is 13.8 Å². The lowest BCUT2D eigenvalue weighted by atomic mass is 10.1. The first-order valence-corrected chi connectivity index (χ1v) is 4.58. The van der Waals surface area contributed by atoms with Crippen molar-refractivity contribution in [2.75, 3.05) is 0 Å². The molecule has 0 aliphatic carbocycles. The first kappa shape index (κ1) is 8.47. The Labute approximate surface area is 71.1 Å². The van der Waals surface area contributed by atoms with Crippen LogP contribution in [0.25, 0.3) is 0 Å². The van der Waals surface area contributed by atoms with Crippen molar-refractivity contribution in [3.05, 3.63) is 21.9 Å². The van der Waals surface area contributed by atoms with Crippen LogP contribution in [0.1, 0.15) is 29.1 Å². The van der Waals surface area contributed by atoms with Gasteiger partial charge in [0.25, 0.3) is 0 Å². The third kappa shape index (κ3) is 1.90. The van der Waals surface area contributed by atoms with E-state index in [2.05, 4.69) is 0 Å². The molecule has 2 heteroatoms. The molecule has 0 bridgehead atoms. The molecule has 0 unspecified atom stereocenters. The van der Waals surface area contributed by atoms with Crippen LogP contribution < -0.4 is 0 Å². The molecule has 0 fully saturated rings. The quantitative estimate of drug-likeness (QED) is 0.620. The summed E-state index contributed by atoms with van der Waals surface area (Å²) in [5.41, 5.74) is 1.18. The summed E-state index contributed by atoms with van der Waals surface area (Å²) >= 11 is 1.54. The van der Waals surface area contributed by atoms with E-state index in [1.165, 1.54) is 16.9 Å². The summed E-state index contributed by atoms with van der Waals surface area (Å²) in [6.45, 7) is 5.86. The average molecular weight is 168 g/mol. The molecule has 0 N–H and O–H groups in total. The molecular weight excluding hydrogens is 156 g/mol. The lowest BCUT2D eigenvalue weighted by Gasteiger charge is -1.98. The molecule has 0 saturated carbocycles. The summed E-state index contributed by atoms with van der Waals surface area (Å²) in [5, 5.41) is 2.01. The van der Waals surface area contributed by atoms with E-state index in [0.29, 0.717) is 0 Å². The SMILES string of the molecule is Cc1csc(C(=O)C(C)C)c1. The summed E-state index contributed by atoms with van der Waals surface area (Å²) in [7, 11) is 0. The van der Waals surface area contributed by atoms with Crippen LogP contribution in [0.3, 0.4) is 0 Å². The Morgan fingerprint density at radius 2 is 2.18 bits per heavy atom. The van der Waals surface area contributed by atoms with E-state index >= 15 is 0 Å². The fourth-order valence-electron chi connectivity index (χ4n) is 0.845. The molecule has 0 aliphatic rings. The topological polar surface area (TPSA) is 17.1 Å². The van der Waals surface area contributed by atoms with E-state index in [9.17, 15) is 4.79 Å². The molecule has 0 aromatic carbocycles. The number of hydrogen-bond acceptors (Lipinski definition) is 2. The van der Waals surface area contributed by atoms with E-state index in [-0.39, 0.29) is 11.7 Å². The Kier molecular flexibility index (Phi) is 2.45. The molecular formula is C9H12OS. The smallest absolute Gasteiger partial charge is 0.175 e. The van der Waals surface area contributed by atoms with Crippen molar-refractivity contribution in [2.24, 2.45) is 5.92 Å². The van der Waals surface area contributed by atoms with Crippen LogP contribution in [0.4, 0.5) is 0 Å². The minimum atomic E-state index is 0.119. The van der Waals surface area contributed by atoms with Crippen LogP contribution >= 0.6 is 11.3 Å². The van der Waals surface area contributed by atoms with Gasteiger partial charge in [-0.05, 0) is 23.9 Å². The van der Waals surface area contributed by atoms with Crippen molar-refractivity contribution in [2.45, 2.75) is 20.8 Å². The molecule has 1 aromatic heterocycles. The highest BCUT2D eigenvalue weighted by Gasteiger charge is 2.11. The molecule has 1 aromatic rings. The maximum absolute atomic E-state index is 11.4. The van der Waals surface area contributed by atoms with Crippen LogP contribution in [0.5, 0.6) is 0 Å². The second-order valence-electron chi connectivity index (χ2n) is 3.01. The molecule has 0 spiro atoms. The van der Waals surface area contributed by atoms with Crippen LogP contribution in [-0.2, 0) is 0 Å². The summed E-state index contributed by atoms with van der Waals surface area (Å²) in [5.74, 6) is 0.371. The summed E-state index contributed by atoms with van der Waals surface area (Å²) in [4.78, 5) is 12.3. The maximum Gasteiger partial charge on any atom is 0.175 e. The van der Waals surface area contributed by atoms with Crippen LogP contribution in [0, 0.1) is 12.8 Å². The number of rotatable bonds is 2. The normalized spacial score (nSPS) is 10.5. The lowest BCUT2D eigenvalue weighted by molar-refractivity contribution is 0.0943. The molecule has 0 radical (unpaired) electrons. The molecule has 0 aliphatic heterocycles. The Balaban J connectivity index is 2.85. The van der Waals surface area contributed by atoms with Gasteiger partial charge in [0.05, 0.1) is 4.88 Å². The zero-order valence-corrected chi connectivity index (χ0v) is 7.87. The van der Waals surface area contributed by atoms with Crippen molar-refractivity contribution < 1.29 is 4.79 Å². The standard InChI is InChI=1S/C9H12OS/c1-6(2)9(10)8-4-7(3)5-11-8/h4-6H,1-3H3. The first-order chi connectivity index (χ1) is 5.11. The summed E-state index contributed by atoms with van der Waals surface area (Å²) in [6, 6.07) is 1.95. The van der Waals surface area contributed by atoms with Gasteiger partial charge in [0, 0.05) is 5.92 Å². The first-order valence-electron chi connectivity index (χ1n) is 3.70. The lowest BCUT2D eigenvalue weighted by Crippen LogP contribution is -2.04. The van der Waals surface area contributed by atoms with Crippen LogP contribution in [-0.4, -0.2) is 5.78 Å². The molecule has 11 heavy (non-hydrogen) atoms. The van der Waals surface area contributed by atoms with E-state index in [4.69, 9.17) is 0 Å². The number of thiophene rings is 1. The van der Waals surface area contributed by atoms with Gasteiger partial charge >= 0.3 is 0 Å². The predicted molar refractivity (Wildman–Crippen MR) is 48.2 cm³/mol. The molecule has 0 amide bonds. The number of ketones is 1. The van der Waals surface area contributed by atoms with Crippen molar-refractivity contribution in [1.29, 1.82) is 0 Å². The Bertz CT molecular complexity index is 260. The molecule has 60 valence electrons. The third-order valence-corrected chi connectivity index (χ3v) is 2.56. The van der Waals surface area contributed by atoms with Gasteiger partial charge < -0.3 is 0 Å². The molecule has 1 heterocycles. The third-order valence-electron chi connectivity index (χ3n) is 1.50. The molecule has 0 atom stereocenters. The van der Waals surface area contributed by atoms with Crippen LogP contribution in [0.15, 0.2) is 11.4 Å². The largest absolute Gasteiger partial charge is 0.293 e. The van der Waals surface area contributed by atoms with E-state index < -0.39 is 0 Å². The zero-order valence-electron chi connectivity index (χ0n) is 7.05. The molecule has 0 saturated heterocycles. The highest BCUT2D eigenvalue weighted by molar-refractivity contribution is 7.12. The van der Waals surface area contributed by atoms with E-state index in [1.807, 2.05) is 32.2 Å². The summed E-state index contributed by atoms with van der Waals surface area (Å²) in [6.07, 6.45) is 0. The van der Waals surface area contributed by atoms with E-state index in [1.54, 1.807) is 0 Å². The van der Waals surface area contributed by atoms with Gasteiger partial charge in [-0.25, -0.2) is 0 Å². The number of carbonyl (C=O) groups is 1. The summed E-state index contributed by atoms with van der Waals surface area (Å²) < 4.78 is 0. The van der Waals surface area contributed by atoms with Gasteiger partial charge in [-0.3, -0.25) is 4.79 Å². The highest BCUT2D eigenvalue weighted by Crippen LogP contribution is 2.17. The van der Waals surface area contributed by atoms with Gasteiger partial charge in [0.15, 0.2) is 5.78 Å². The monoisotopic (exact) mass is 168 g/mol. The van der Waals surface area contributed by atoms with Gasteiger partial charge in [-0.15, -0.1) is 11.3 Å². The average Bonchev–Trinajstić information content (AvgIpc) is 2.34. The van der Waals surface area contributed by atoms with Crippen molar-refractivity contribution in [3.8, 4) is 0 Å². The molecule has 1 rings (SSSR count). The minimum Gasteiger partial charge on any atom is -0.293 e. The van der Waals surface area contributed by atoms with Crippen LogP contribution in [0.2, 0.25) is 0 Å². The Morgan fingerprint density at radius 1 is 1.55 bits per heavy atom. The fraction of sp³-hybridized carbons (Fsp3) is 0.444. The highest BCUT2D eigenvalue weighted by atomic mass is 32.1. The number of carbonyl (C=O) groups excluding carboxylic acids is 1. The van der Waals surface area contributed by atoms with Crippen molar-refractivity contribution >= 4 is 17.1 Å². The predicted octanol–water partition coefficient (Wildman–Crippen LogP) is 2.90. The second kappa shape index (κ2) is 3.18. The zero-order chi connectivity index (χ0) is 8.43. The Hall–Kier alpha value is -0.630. The fourth-order valence-corrected chi connectivity index (χ4v) is 1.83. The Morgan fingerprint density at radius 3 is 2.55 bits per heavy atom. The van der Waals surface area contributed by atoms with Gasteiger partial charge in [0.1, 0.15) is 0 Å². The minimum absolute atomic E-state index is 0.119. The van der Waals surface area contributed by atoms with Crippen molar-refractivity contribution in [1.82, 2.24) is 0 Å². The number of aryl methyl sites for hydroxylation is 1. The van der Waals surface area contributed by atoms with Crippen molar-refractivity contribution in [3.63, 3.8) is 0 Å². The molecule has 1 nitrogen and oxygen atoms in total. The number of hydrogen-bond donors (Lipinski definition) is 0. The second-order valence-corrected chi connectivity index (χ2v) is 3.92. The van der Waals surface area contributed by atoms with Gasteiger partial charge in [0.2, 0.25) is 0 Å². The van der Waals surface area contributed by atoms with E-state index in [0.717, 1.165) is 4.88 Å².